The van der Waals surface area contributed by atoms with E-state index in [4.69, 9.17) is 0 Å². The zero-order valence-electron chi connectivity index (χ0n) is 22.7. The van der Waals surface area contributed by atoms with E-state index in [9.17, 15) is 14.7 Å². The number of allylic oxidation sites excluding steroid dienone is 4. The SMILES string of the molecule is C=Nc1ccccc1N(C)CSCC(=O)C1CCC2C3CC/C(=C/C=O)C(C)(/C=C\C)C3C(O)CC12C. The van der Waals surface area contributed by atoms with Gasteiger partial charge < -0.3 is 10.0 Å². The number of Topliss-reactive ketones (excluding diaryl/α,β-unsaturated/α-hetero) is 1. The van der Waals surface area contributed by atoms with Crippen LogP contribution in [-0.2, 0) is 9.59 Å². The van der Waals surface area contributed by atoms with E-state index in [-0.39, 0.29) is 22.7 Å². The molecule has 6 heteroatoms. The maximum atomic E-state index is 13.6. The van der Waals surface area contributed by atoms with E-state index >= 15 is 0 Å². The van der Waals surface area contributed by atoms with E-state index in [1.54, 1.807) is 17.8 Å². The van der Waals surface area contributed by atoms with Crippen molar-refractivity contribution in [2.75, 3.05) is 23.6 Å². The second-order valence-corrected chi connectivity index (χ2v) is 12.6. The molecule has 4 rings (SSSR count). The lowest BCUT2D eigenvalue weighted by molar-refractivity contribution is -0.136. The Balaban J connectivity index is 1.46. The normalized spacial score (nSPS) is 36.2. The van der Waals surface area contributed by atoms with Crippen molar-refractivity contribution in [2.24, 2.45) is 39.5 Å². The molecule has 0 aliphatic heterocycles. The van der Waals surface area contributed by atoms with Crippen molar-refractivity contribution in [3.8, 4) is 0 Å². The number of benzene rings is 1. The highest BCUT2D eigenvalue weighted by molar-refractivity contribution is 8.00. The Hall–Kier alpha value is -2.18. The number of rotatable bonds is 9. The zero-order valence-corrected chi connectivity index (χ0v) is 23.5. The summed E-state index contributed by atoms with van der Waals surface area (Å²) in [6, 6.07) is 7.91. The van der Waals surface area contributed by atoms with Gasteiger partial charge in [0.2, 0.25) is 0 Å². The molecule has 1 aromatic rings. The maximum absolute atomic E-state index is 13.6. The number of aliphatic imine (C=N–C) groups is 1. The quantitative estimate of drug-likeness (QED) is 0.137. The Labute approximate surface area is 226 Å². The molecule has 0 radical (unpaired) electrons. The van der Waals surface area contributed by atoms with Crippen molar-refractivity contribution < 1.29 is 14.7 Å². The summed E-state index contributed by atoms with van der Waals surface area (Å²) in [5.41, 5.74) is 2.49. The first-order chi connectivity index (χ1) is 17.7. The summed E-state index contributed by atoms with van der Waals surface area (Å²) in [5, 5.41) is 11.6. The number of para-hydroxylation sites is 2. The average molecular weight is 523 g/mol. The van der Waals surface area contributed by atoms with Crippen LogP contribution in [0.4, 0.5) is 11.4 Å². The lowest BCUT2D eigenvalue weighted by atomic mass is 9.47. The molecule has 0 bridgehead atoms. The fourth-order valence-electron chi connectivity index (χ4n) is 8.22. The third-order valence-corrected chi connectivity index (χ3v) is 10.8. The van der Waals surface area contributed by atoms with Crippen LogP contribution >= 0.6 is 11.8 Å². The second kappa shape index (κ2) is 11.3. The molecule has 3 saturated carbocycles. The molecular formula is C31H42N2O3S. The first-order valence-electron chi connectivity index (χ1n) is 13.5. The maximum Gasteiger partial charge on any atom is 0.146 e. The van der Waals surface area contributed by atoms with Crippen molar-refractivity contribution in [3.63, 3.8) is 0 Å². The van der Waals surface area contributed by atoms with E-state index in [0.717, 1.165) is 48.9 Å². The molecule has 0 heterocycles. The van der Waals surface area contributed by atoms with Crippen LogP contribution in [0.5, 0.6) is 0 Å². The van der Waals surface area contributed by atoms with Crippen molar-refractivity contribution >= 4 is 41.9 Å². The number of fused-ring (bicyclic) bond motifs is 3. The van der Waals surface area contributed by atoms with Crippen LogP contribution < -0.4 is 4.90 Å². The van der Waals surface area contributed by atoms with Gasteiger partial charge in [-0.2, -0.15) is 0 Å². The molecule has 3 aliphatic rings. The molecule has 0 amide bonds. The first kappa shape index (κ1) is 27.8. The topological polar surface area (TPSA) is 70.0 Å². The monoisotopic (exact) mass is 522 g/mol. The number of thioether (sulfide) groups is 1. The van der Waals surface area contributed by atoms with Gasteiger partial charge in [0.25, 0.3) is 0 Å². The van der Waals surface area contributed by atoms with Gasteiger partial charge in [-0.3, -0.25) is 14.6 Å². The van der Waals surface area contributed by atoms with E-state index in [2.05, 4.69) is 42.6 Å². The fraction of sp³-hybridized carbons (Fsp3) is 0.581. The molecular weight excluding hydrogens is 480 g/mol. The smallest absolute Gasteiger partial charge is 0.146 e. The summed E-state index contributed by atoms with van der Waals surface area (Å²) < 4.78 is 0. The number of anilines is 1. The molecule has 5 nitrogen and oxygen atoms in total. The minimum absolute atomic E-state index is 0.00655. The molecule has 1 aromatic carbocycles. The molecule has 1 N–H and O–H groups in total. The Morgan fingerprint density at radius 3 is 2.73 bits per heavy atom. The summed E-state index contributed by atoms with van der Waals surface area (Å²) >= 11 is 1.65. The Morgan fingerprint density at radius 2 is 2.03 bits per heavy atom. The molecule has 7 atom stereocenters. The third kappa shape index (κ3) is 4.99. The van der Waals surface area contributed by atoms with Gasteiger partial charge in [0.05, 0.1) is 29.1 Å². The number of aliphatic hydroxyl groups is 1. The standard InChI is InChI=1S/C31H42N2O3S/c1-6-16-30(2)21(15-17-34)11-12-22-23-13-14-24(31(23,3)18-27(35)29(22)30)28(36)19-37-20-33(5)26-10-8-7-9-25(26)32-4/h6-10,15-17,22-24,27,29,35H,4,11-14,18-20H2,1-3,5H3/b16-6-,21-15-. The molecule has 0 aromatic heterocycles. The fourth-order valence-corrected chi connectivity index (χ4v) is 9.12. The Morgan fingerprint density at radius 1 is 1.27 bits per heavy atom. The Kier molecular flexibility index (Phi) is 8.49. The van der Waals surface area contributed by atoms with E-state index in [0.29, 0.717) is 35.7 Å². The van der Waals surface area contributed by atoms with Gasteiger partial charge in [-0.1, -0.05) is 43.7 Å². The highest BCUT2D eigenvalue weighted by atomic mass is 32.2. The number of nitrogens with zero attached hydrogens (tertiary/aromatic N) is 2. The highest BCUT2D eigenvalue weighted by Crippen LogP contribution is 2.65. The molecule has 37 heavy (non-hydrogen) atoms. The minimum atomic E-state index is -0.488. The van der Waals surface area contributed by atoms with Gasteiger partial charge in [-0.05, 0) is 81.2 Å². The number of hydrogen-bond donors (Lipinski definition) is 1. The van der Waals surface area contributed by atoms with Crippen LogP contribution in [0.15, 0.2) is 53.1 Å². The van der Waals surface area contributed by atoms with E-state index < -0.39 is 6.10 Å². The molecule has 3 aliphatic carbocycles. The molecule has 0 spiro atoms. The van der Waals surface area contributed by atoms with Gasteiger partial charge in [0.15, 0.2) is 0 Å². The van der Waals surface area contributed by atoms with Crippen LogP contribution in [0.25, 0.3) is 0 Å². The Bertz CT molecular complexity index is 1080. The van der Waals surface area contributed by atoms with Crippen LogP contribution in [-0.4, -0.2) is 48.7 Å². The van der Waals surface area contributed by atoms with Crippen LogP contribution in [0.2, 0.25) is 0 Å². The van der Waals surface area contributed by atoms with Crippen LogP contribution in [0, 0.1) is 34.5 Å². The summed E-state index contributed by atoms with van der Waals surface area (Å²) in [5.74, 6) is 2.36. The van der Waals surface area contributed by atoms with Gasteiger partial charge in [0, 0.05) is 24.3 Å². The summed E-state index contributed by atoms with van der Waals surface area (Å²) in [6.07, 6.45) is 10.8. The molecule has 7 unspecified atom stereocenters. The average Bonchev–Trinajstić information content (AvgIpc) is 3.22. The van der Waals surface area contributed by atoms with Gasteiger partial charge in [-0.15, -0.1) is 11.8 Å². The summed E-state index contributed by atoms with van der Waals surface area (Å²) in [4.78, 5) is 31.2. The summed E-state index contributed by atoms with van der Waals surface area (Å²) in [7, 11) is 2.02. The van der Waals surface area contributed by atoms with Crippen LogP contribution in [0.1, 0.15) is 52.9 Å². The third-order valence-electron chi connectivity index (χ3n) is 9.75. The predicted molar refractivity (Wildman–Crippen MR) is 155 cm³/mol. The number of ketones is 1. The van der Waals surface area contributed by atoms with Crippen molar-refractivity contribution in [1.82, 2.24) is 0 Å². The second-order valence-electron chi connectivity index (χ2n) is 11.6. The van der Waals surface area contributed by atoms with Crippen molar-refractivity contribution in [2.45, 2.75) is 59.0 Å². The molecule has 3 fully saturated rings. The van der Waals surface area contributed by atoms with E-state index in [1.165, 1.54) is 0 Å². The number of carbonyl (C=O) groups excluding carboxylic acids is 2. The predicted octanol–water partition coefficient (Wildman–Crippen LogP) is 6.25. The largest absolute Gasteiger partial charge is 0.393 e. The lowest BCUT2D eigenvalue weighted by Crippen LogP contribution is -2.56. The molecule has 200 valence electrons. The van der Waals surface area contributed by atoms with Gasteiger partial charge >= 0.3 is 0 Å². The zero-order chi connectivity index (χ0) is 26.8. The first-order valence-corrected chi connectivity index (χ1v) is 14.7. The lowest BCUT2D eigenvalue weighted by Gasteiger charge is -2.58. The summed E-state index contributed by atoms with van der Waals surface area (Å²) in [6.45, 7) is 10.1. The van der Waals surface area contributed by atoms with Crippen LogP contribution in [0.3, 0.4) is 0 Å². The number of hydrogen-bond acceptors (Lipinski definition) is 6. The minimum Gasteiger partial charge on any atom is -0.393 e. The van der Waals surface area contributed by atoms with Crippen molar-refractivity contribution in [1.29, 1.82) is 0 Å². The molecule has 0 saturated heterocycles. The number of aldehydes is 1. The van der Waals surface area contributed by atoms with Gasteiger partial charge in [-0.25, -0.2) is 0 Å². The number of aliphatic hydroxyl groups excluding tert-OH is 1. The van der Waals surface area contributed by atoms with Gasteiger partial charge in [0.1, 0.15) is 12.1 Å². The van der Waals surface area contributed by atoms with Crippen molar-refractivity contribution in [3.05, 3.63) is 48.1 Å². The number of carbonyl (C=O) groups is 2. The van der Waals surface area contributed by atoms with E-state index in [1.807, 2.05) is 38.2 Å². The highest BCUT2D eigenvalue weighted by Gasteiger charge is 2.62.